The van der Waals surface area contributed by atoms with Gasteiger partial charge in [0.2, 0.25) is 0 Å². The summed E-state index contributed by atoms with van der Waals surface area (Å²) < 4.78 is 0. The van der Waals surface area contributed by atoms with E-state index in [9.17, 15) is 0 Å². The fourth-order valence-electron chi connectivity index (χ4n) is 1.27. The van der Waals surface area contributed by atoms with E-state index in [2.05, 4.69) is 32.1 Å². The minimum Gasteiger partial charge on any atom is -0.290 e. The van der Waals surface area contributed by atoms with Crippen LogP contribution in [0, 0.1) is 18.6 Å². The summed E-state index contributed by atoms with van der Waals surface area (Å²) in [6, 6.07) is 0. The summed E-state index contributed by atoms with van der Waals surface area (Å²) in [5.74, 6) is 0.661. The number of rotatable bonds is 2. The first-order chi connectivity index (χ1) is 6.93. The van der Waals surface area contributed by atoms with Crippen molar-refractivity contribution in [1.29, 1.82) is 0 Å². The Balaban J connectivity index is 0. The molecule has 1 rings (SSSR count). The molecule has 1 heteroatoms. The van der Waals surface area contributed by atoms with Gasteiger partial charge in [-0.15, -0.1) is 6.42 Å². The molecule has 0 bridgehead atoms. The second kappa shape index (κ2) is 9.78. The third-order valence-corrected chi connectivity index (χ3v) is 1.86. The zero-order valence-electron chi connectivity index (χ0n) is 10.9. The largest absolute Gasteiger partial charge is 2.00 e. The molecule has 0 atom stereocenters. The Morgan fingerprint density at radius 2 is 1.94 bits per heavy atom. The zero-order chi connectivity index (χ0) is 11.8. The molecule has 0 saturated heterocycles. The molecule has 0 amide bonds. The Bertz CT molecular complexity index is 287. The minimum absolute atomic E-state index is 0. The van der Waals surface area contributed by atoms with E-state index in [0.717, 1.165) is 12.0 Å². The smallest absolute Gasteiger partial charge is 0.290 e. The Labute approximate surface area is 114 Å². The fourth-order valence-corrected chi connectivity index (χ4v) is 1.27. The van der Waals surface area contributed by atoms with Gasteiger partial charge in [-0.2, -0.15) is 11.6 Å². The van der Waals surface area contributed by atoms with Crippen LogP contribution in [0.5, 0.6) is 0 Å². The third kappa shape index (κ3) is 10.1. The summed E-state index contributed by atoms with van der Waals surface area (Å²) >= 11 is 0. The summed E-state index contributed by atoms with van der Waals surface area (Å²) in [4.78, 5) is 0. The van der Waals surface area contributed by atoms with E-state index in [1.54, 1.807) is 0 Å². The maximum atomic E-state index is 5.33. The third-order valence-electron chi connectivity index (χ3n) is 1.86. The normalized spacial score (nSPS) is 12.2. The van der Waals surface area contributed by atoms with Crippen molar-refractivity contribution in [3.8, 4) is 0 Å². The molecule has 0 saturated carbocycles. The SMILES string of the molecule is CC(C)C1=[C-]CC=C1.[CH-]=C(C)C=C(C)C.[Ru+2]. The average molecular weight is 303 g/mol. The van der Waals surface area contributed by atoms with E-state index in [-0.39, 0.29) is 19.5 Å². The Hall–Kier alpha value is -0.417. The van der Waals surface area contributed by atoms with Crippen molar-refractivity contribution in [2.45, 2.75) is 41.0 Å². The molecule has 0 aliphatic heterocycles. The first-order valence-corrected chi connectivity index (χ1v) is 5.44. The van der Waals surface area contributed by atoms with Gasteiger partial charge < -0.3 is 0 Å². The van der Waals surface area contributed by atoms with Gasteiger partial charge in [-0.25, -0.2) is 23.3 Å². The van der Waals surface area contributed by atoms with E-state index in [1.165, 1.54) is 11.1 Å². The van der Waals surface area contributed by atoms with Crippen molar-refractivity contribution in [2.75, 3.05) is 0 Å². The van der Waals surface area contributed by atoms with Crippen LogP contribution in [-0.4, -0.2) is 0 Å². The van der Waals surface area contributed by atoms with Gasteiger partial charge in [-0.05, 0) is 0 Å². The number of hydrogen-bond acceptors (Lipinski definition) is 0. The zero-order valence-corrected chi connectivity index (χ0v) is 12.7. The van der Waals surface area contributed by atoms with Gasteiger partial charge in [-0.1, -0.05) is 40.5 Å². The molecule has 0 aromatic rings. The van der Waals surface area contributed by atoms with Crippen molar-refractivity contribution in [2.24, 2.45) is 5.92 Å². The van der Waals surface area contributed by atoms with Crippen LogP contribution in [-0.2, 0) is 19.5 Å². The van der Waals surface area contributed by atoms with Crippen molar-refractivity contribution in [1.82, 2.24) is 0 Å². The quantitative estimate of drug-likeness (QED) is 0.395. The molecule has 0 unspecified atom stereocenters. The van der Waals surface area contributed by atoms with Crippen LogP contribution < -0.4 is 0 Å². The van der Waals surface area contributed by atoms with Crippen LogP contribution >= 0.6 is 0 Å². The molecular formula is C15H22Ru. The van der Waals surface area contributed by atoms with Crippen molar-refractivity contribution < 1.29 is 19.5 Å². The maximum Gasteiger partial charge on any atom is 2.00 e. The Kier molecular flexibility index (Phi) is 11.0. The van der Waals surface area contributed by atoms with Gasteiger partial charge in [0.25, 0.3) is 0 Å². The van der Waals surface area contributed by atoms with Gasteiger partial charge >= 0.3 is 19.5 Å². The van der Waals surface area contributed by atoms with Gasteiger partial charge in [0.1, 0.15) is 0 Å². The summed E-state index contributed by atoms with van der Waals surface area (Å²) in [5.41, 5.74) is 3.49. The number of allylic oxidation sites excluding steroid dienone is 7. The van der Waals surface area contributed by atoms with Crippen LogP contribution in [0.25, 0.3) is 0 Å². The molecular weight excluding hydrogens is 281 g/mol. The minimum atomic E-state index is 0. The molecule has 1 aliphatic rings. The van der Waals surface area contributed by atoms with Gasteiger partial charge in [0.15, 0.2) is 0 Å². The molecule has 90 valence electrons. The molecule has 16 heavy (non-hydrogen) atoms. The summed E-state index contributed by atoms with van der Waals surface area (Å²) in [6.07, 6.45) is 10.5. The monoisotopic (exact) mass is 304 g/mol. The molecule has 0 fully saturated rings. The van der Waals surface area contributed by atoms with E-state index in [1.807, 2.05) is 26.8 Å². The van der Waals surface area contributed by atoms with Gasteiger partial charge in [0.05, 0.1) is 0 Å². The van der Waals surface area contributed by atoms with Crippen molar-refractivity contribution in [3.05, 3.63) is 47.6 Å². The first kappa shape index (κ1) is 18.0. The van der Waals surface area contributed by atoms with Crippen LogP contribution in [0.4, 0.5) is 0 Å². The van der Waals surface area contributed by atoms with E-state index < -0.39 is 0 Å². The maximum absolute atomic E-state index is 5.33. The van der Waals surface area contributed by atoms with E-state index in [0.29, 0.717) is 5.92 Å². The molecule has 0 aromatic carbocycles. The molecule has 0 radical (unpaired) electrons. The molecule has 0 nitrogen and oxygen atoms in total. The standard InChI is InChI=1S/C8H11.C7H11.Ru/c1-7(2)8-5-3-4-6-8;1-6(2)5-7(3)4;/h3,5,7H,4H2,1-2H3;1,5H,2-4H3;/q2*-1;+2. The van der Waals surface area contributed by atoms with E-state index in [4.69, 9.17) is 6.58 Å². The topological polar surface area (TPSA) is 0 Å². The van der Waals surface area contributed by atoms with Gasteiger partial charge in [0, 0.05) is 0 Å². The predicted octanol–water partition coefficient (Wildman–Crippen LogP) is 4.66. The average Bonchev–Trinajstić information content (AvgIpc) is 2.52. The molecule has 0 heterocycles. The van der Waals surface area contributed by atoms with Crippen molar-refractivity contribution in [3.63, 3.8) is 0 Å². The second-order valence-electron chi connectivity index (χ2n) is 4.36. The summed E-state index contributed by atoms with van der Waals surface area (Å²) in [7, 11) is 0. The second-order valence-corrected chi connectivity index (χ2v) is 4.36. The van der Waals surface area contributed by atoms with Crippen LogP contribution in [0.1, 0.15) is 41.0 Å². The Morgan fingerprint density at radius 1 is 1.38 bits per heavy atom. The van der Waals surface area contributed by atoms with Crippen LogP contribution in [0.15, 0.2) is 34.9 Å². The fraction of sp³-hybridized carbons (Fsp3) is 0.467. The van der Waals surface area contributed by atoms with Crippen LogP contribution in [0.2, 0.25) is 0 Å². The predicted molar refractivity (Wildman–Crippen MR) is 68.3 cm³/mol. The molecule has 0 N–H and O–H groups in total. The molecule has 0 spiro atoms. The Morgan fingerprint density at radius 3 is 2.06 bits per heavy atom. The summed E-state index contributed by atoms with van der Waals surface area (Å²) in [5, 5.41) is 0. The van der Waals surface area contributed by atoms with Crippen molar-refractivity contribution >= 4 is 0 Å². The summed E-state index contributed by atoms with van der Waals surface area (Å²) in [6.45, 7) is 15.6. The molecule has 1 aliphatic carbocycles. The van der Waals surface area contributed by atoms with Crippen LogP contribution in [0.3, 0.4) is 0 Å². The molecule has 0 aromatic heterocycles. The van der Waals surface area contributed by atoms with E-state index >= 15 is 0 Å². The van der Waals surface area contributed by atoms with Gasteiger partial charge in [-0.3, -0.25) is 12.7 Å². The number of hydrogen-bond donors (Lipinski definition) is 0. The first-order valence-electron chi connectivity index (χ1n) is 5.44.